The van der Waals surface area contributed by atoms with Gasteiger partial charge in [0.25, 0.3) is 11.6 Å². The summed E-state index contributed by atoms with van der Waals surface area (Å²) in [5.41, 5.74) is 1.71. The second-order valence-corrected chi connectivity index (χ2v) is 7.04. The molecular weight excluding hydrogens is 348 g/mol. The summed E-state index contributed by atoms with van der Waals surface area (Å²) < 4.78 is 7.55. The smallest absolute Gasteiger partial charge is 0.293 e. The first kappa shape index (κ1) is 17.5. The predicted octanol–water partition coefficient (Wildman–Crippen LogP) is 2.72. The lowest BCUT2D eigenvalue weighted by Gasteiger charge is -2.36. The van der Waals surface area contributed by atoms with Crippen LogP contribution in [0.15, 0.2) is 36.5 Å². The largest absolute Gasteiger partial charge is 0.377 e. The van der Waals surface area contributed by atoms with Gasteiger partial charge in [0.2, 0.25) is 0 Å². The molecule has 2 aromatic rings. The van der Waals surface area contributed by atoms with E-state index in [1.54, 1.807) is 17.0 Å². The number of amides is 1. The number of rotatable bonds is 5. The molecule has 0 radical (unpaired) electrons. The zero-order valence-corrected chi connectivity index (χ0v) is 15.1. The van der Waals surface area contributed by atoms with Gasteiger partial charge in [0.15, 0.2) is 0 Å². The lowest BCUT2D eigenvalue weighted by Crippen LogP contribution is -2.44. The molecule has 8 nitrogen and oxygen atoms in total. The molecule has 1 aromatic heterocycles. The Kier molecular flexibility index (Phi) is 4.57. The van der Waals surface area contributed by atoms with Gasteiger partial charge in [-0.1, -0.05) is 0 Å². The highest BCUT2D eigenvalue weighted by Gasteiger charge is 2.32. The molecule has 27 heavy (non-hydrogen) atoms. The molecule has 4 rings (SSSR count). The number of ether oxygens (including phenoxy) is 1. The van der Waals surface area contributed by atoms with Gasteiger partial charge >= 0.3 is 0 Å². The molecule has 142 valence electrons. The van der Waals surface area contributed by atoms with Crippen LogP contribution in [0.5, 0.6) is 0 Å². The van der Waals surface area contributed by atoms with Crippen LogP contribution in [-0.4, -0.2) is 46.1 Å². The average Bonchev–Trinajstić information content (AvgIpc) is 3.39. The van der Waals surface area contributed by atoms with Gasteiger partial charge in [-0.15, -0.1) is 0 Å². The Morgan fingerprint density at radius 1 is 1.33 bits per heavy atom. The molecule has 1 amide bonds. The Hall–Kier alpha value is -2.87. The third kappa shape index (κ3) is 3.52. The zero-order chi connectivity index (χ0) is 19.0. The molecule has 1 saturated carbocycles. The number of aryl methyl sites for hydroxylation is 1. The van der Waals surface area contributed by atoms with E-state index in [1.165, 1.54) is 6.07 Å². The summed E-state index contributed by atoms with van der Waals surface area (Å²) in [6.07, 6.45) is 3.96. The Morgan fingerprint density at radius 2 is 2.15 bits per heavy atom. The minimum atomic E-state index is -0.435. The van der Waals surface area contributed by atoms with E-state index in [-0.39, 0.29) is 17.6 Å². The minimum absolute atomic E-state index is 0.0589. The van der Waals surface area contributed by atoms with Gasteiger partial charge in [-0.2, -0.15) is 0 Å². The summed E-state index contributed by atoms with van der Waals surface area (Å²) in [6, 6.07) is 8.66. The molecule has 2 heterocycles. The van der Waals surface area contributed by atoms with E-state index in [9.17, 15) is 14.9 Å². The highest BCUT2D eigenvalue weighted by atomic mass is 16.6. The fourth-order valence-corrected chi connectivity index (χ4v) is 3.46. The van der Waals surface area contributed by atoms with Crippen LogP contribution < -0.4 is 5.32 Å². The van der Waals surface area contributed by atoms with Crippen molar-refractivity contribution in [2.45, 2.75) is 24.9 Å². The second-order valence-electron chi connectivity index (χ2n) is 7.04. The van der Waals surface area contributed by atoms with E-state index in [0.717, 1.165) is 18.5 Å². The number of nitrogens with zero attached hydrogens (tertiary/aromatic N) is 3. The maximum Gasteiger partial charge on any atom is 0.293 e. The summed E-state index contributed by atoms with van der Waals surface area (Å²) in [5, 5.41) is 14.6. The van der Waals surface area contributed by atoms with Gasteiger partial charge in [0, 0.05) is 43.2 Å². The first-order valence-electron chi connectivity index (χ1n) is 9.09. The van der Waals surface area contributed by atoms with Crippen molar-refractivity contribution < 1.29 is 14.5 Å². The number of nitrogens with one attached hydrogen (secondary N) is 1. The maximum atomic E-state index is 13.2. The van der Waals surface area contributed by atoms with Crippen molar-refractivity contribution in [1.29, 1.82) is 0 Å². The van der Waals surface area contributed by atoms with Crippen LogP contribution >= 0.6 is 0 Å². The number of carbonyl (C=O) groups is 1. The topological polar surface area (TPSA) is 89.6 Å². The minimum Gasteiger partial charge on any atom is -0.377 e. The van der Waals surface area contributed by atoms with Crippen molar-refractivity contribution in [3.05, 3.63) is 57.9 Å². The molecule has 0 spiro atoms. The molecule has 1 aliphatic heterocycles. The SMILES string of the molecule is Cn1cccc1[C@H]1COCCN1C(=O)c1ccc(NC2CC2)c([N+](=O)[O-])c1. The van der Waals surface area contributed by atoms with Gasteiger partial charge in [-0.05, 0) is 37.1 Å². The Bertz CT molecular complexity index is 874. The van der Waals surface area contributed by atoms with Crippen molar-refractivity contribution in [3.8, 4) is 0 Å². The van der Waals surface area contributed by atoms with Gasteiger partial charge in [0.05, 0.1) is 24.2 Å². The van der Waals surface area contributed by atoms with Crippen LogP contribution in [0.3, 0.4) is 0 Å². The molecule has 1 aliphatic carbocycles. The molecule has 0 unspecified atom stereocenters. The van der Waals surface area contributed by atoms with Crippen LogP contribution in [0.2, 0.25) is 0 Å². The normalized spacial score (nSPS) is 19.7. The monoisotopic (exact) mass is 370 g/mol. The van der Waals surface area contributed by atoms with Crippen molar-refractivity contribution in [3.63, 3.8) is 0 Å². The zero-order valence-electron chi connectivity index (χ0n) is 15.1. The Morgan fingerprint density at radius 3 is 2.81 bits per heavy atom. The van der Waals surface area contributed by atoms with Crippen molar-refractivity contribution in [2.24, 2.45) is 7.05 Å². The standard InChI is InChI=1S/C19H22N4O4/c1-21-8-2-3-16(21)18-12-27-10-9-22(18)19(24)13-4-7-15(20-14-5-6-14)17(11-13)23(25)26/h2-4,7-8,11,14,18,20H,5-6,9-10,12H2,1H3/t18-/m1/s1. The molecule has 8 heteroatoms. The third-order valence-corrected chi connectivity index (χ3v) is 5.09. The first-order chi connectivity index (χ1) is 13.0. The van der Waals surface area contributed by atoms with Crippen molar-refractivity contribution in [1.82, 2.24) is 9.47 Å². The lowest BCUT2D eigenvalue weighted by molar-refractivity contribution is -0.384. The van der Waals surface area contributed by atoms with E-state index in [2.05, 4.69) is 5.32 Å². The molecule has 1 saturated heterocycles. The number of hydrogen-bond donors (Lipinski definition) is 1. The van der Waals surface area contributed by atoms with E-state index >= 15 is 0 Å². The van der Waals surface area contributed by atoms with Crippen LogP contribution in [0.25, 0.3) is 0 Å². The van der Waals surface area contributed by atoms with Gasteiger partial charge in [-0.3, -0.25) is 14.9 Å². The summed E-state index contributed by atoms with van der Waals surface area (Å²) in [5.74, 6) is -0.217. The van der Waals surface area contributed by atoms with Gasteiger partial charge in [-0.25, -0.2) is 0 Å². The van der Waals surface area contributed by atoms with Crippen LogP contribution in [0.4, 0.5) is 11.4 Å². The number of benzene rings is 1. The van der Waals surface area contributed by atoms with Crippen LogP contribution in [0.1, 0.15) is 34.9 Å². The second kappa shape index (κ2) is 7.03. The van der Waals surface area contributed by atoms with Gasteiger partial charge in [0.1, 0.15) is 5.69 Å². The molecule has 1 N–H and O–H groups in total. The third-order valence-electron chi connectivity index (χ3n) is 5.09. The van der Waals surface area contributed by atoms with Gasteiger partial charge < -0.3 is 19.5 Å². The van der Waals surface area contributed by atoms with Crippen LogP contribution in [0, 0.1) is 10.1 Å². The highest BCUT2D eigenvalue weighted by Crippen LogP contribution is 2.33. The van der Waals surface area contributed by atoms with Crippen LogP contribution in [-0.2, 0) is 11.8 Å². The summed E-state index contributed by atoms with van der Waals surface area (Å²) in [7, 11) is 1.93. The number of hydrogen-bond acceptors (Lipinski definition) is 5. The van der Waals surface area contributed by atoms with Crippen molar-refractivity contribution >= 4 is 17.3 Å². The maximum absolute atomic E-state index is 13.2. The van der Waals surface area contributed by atoms with E-state index < -0.39 is 4.92 Å². The number of anilines is 1. The molecular formula is C19H22N4O4. The van der Waals surface area contributed by atoms with E-state index in [4.69, 9.17) is 4.74 Å². The Balaban J connectivity index is 1.63. The number of carbonyl (C=O) groups excluding carboxylic acids is 1. The highest BCUT2D eigenvalue weighted by molar-refractivity contribution is 5.96. The fourth-order valence-electron chi connectivity index (χ4n) is 3.46. The van der Waals surface area contributed by atoms with E-state index in [1.807, 2.05) is 29.9 Å². The number of nitro benzene ring substituents is 1. The molecule has 2 aliphatic rings. The average molecular weight is 370 g/mol. The fraction of sp³-hybridized carbons (Fsp3) is 0.421. The van der Waals surface area contributed by atoms with E-state index in [0.29, 0.717) is 37.1 Å². The molecule has 0 bridgehead atoms. The summed E-state index contributed by atoms with van der Waals surface area (Å²) in [4.78, 5) is 26.0. The number of aromatic nitrogens is 1. The number of morpholine rings is 1. The van der Waals surface area contributed by atoms with Crippen molar-refractivity contribution in [2.75, 3.05) is 25.1 Å². The quantitative estimate of drug-likeness (QED) is 0.646. The molecule has 1 atom stereocenters. The summed E-state index contributed by atoms with van der Waals surface area (Å²) >= 11 is 0. The Labute approximate surface area is 156 Å². The predicted molar refractivity (Wildman–Crippen MR) is 99.8 cm³/mol. The molecule has 2 fully saturated rings. The summed E-state index contributed by atoms with van der Waals surface area (Å²) in [6.45, 7) is 1.31. The first-order valence-corrected chi connectivity index (χ1v) is 9.09. The lowest BCUT2D eigenvalue weighted by atomic mass is 10.1. The molecule has 1 aromatic carbocycles. The number of nitro groups is 1.